The molecule has 0 N–H and O–H groups in total. The van der Waals surface area contributed by atoms with E-state index in [1.54, 1.807) is 0 Å². The van der Waals surface area contributed by atoms with Crippen molar-refractivity contribution in [1.29, 1.82) is 0 Å². The zero-order valence-corrected chi connectivity index (χ0v) is 12.9. The van der Waals surface area contributed by atoms with Gasteiger partial charge in [0, 0.05) is 12.1 Å². The average Bonchev–Trinajstić information content (AvgIpc) is 2.87. The molecule has 1 saturated heterocycles. The molecule has 2 atom stereocenters. The minimum Gasteiger partial charge on any atom is -0.253 e. The molecule has 106 valence electrons. The summed E-state index contributed by atoms with van der Waals surface area (Å²) in [7, 11) is -3.76. The van der Waals surface area contributed by atoms with Crippen LogP contribution in [0.4, 0.5) is 0 Å². The Morgan fingerprint density at radius 2 is 1.56 bits per heavy atom. The van der Waals surface area contributed by atoms with Crippen molar-refractivity contribution >= 4 is 45.1 Å². The minimum absolute atomic E-state index is 0.0886. The van der Waals surface area contributed by atoms with E-state index in [9.17, 15) is 8.42 Å². The van der Waals surface area contributed by atoms with Gasteiger partial charge < -0.3 is 0 Å². The van der Waals surface area contributed by atoms with Crippen LogP contribution in [0.2, 0.25) is 0 Å². The third-order valence-corrected chi connectivity index (χ3v) is 5.19. The second-order valence-corrected chi connectivity index (χ2v) is 8.82. The van der Waals surface area contributed by atoms with Gasteiger partial charge in [-0.05, 0) is 12.8 Å². The van der Waals surface area contributed by atoms with Gasteiger partial charge in [-0.1, -0.05) is 60.5 Å². The highest BCUT2D eigenvalue weighted by Crippen LogP contribution is 2.41. The van der Waals surface area contributed by atoms with Crippen molar-refractivity contribution < 1.29 is 12.6 Å². The lowest BCUT2D eigenvalue weighted by Gasteiger charge is -2.12. The first-order chi connectivity index (χ1) is 8.31. The molecular weight excluding hydrogens is 321 g/mol. The average molecular weight is 337 g/mol. The summed E-state index contributed by atoms with van der Waals surface area (Å²) in [4.78, 5) is 0. The van der Waals surface area contributed by atoms with Crippen molar-refractivity contribution in [3.05, 3.63) is 0 Å². The SMILES string of the molecule is O=S(=O)(OCC(Cl)(Cl)Cl)N1[C@@H]2CCCCCC[C@H]21. The van der Waals surface area contributed by atoms with Gasteiger partial charge in [-0.2, -0.15) is 12.7 Å². The van der Waals surface area contributed by atoms with E-state index in [0.29, 0.717) is 0 Å². The van der Waals surface area contributed by atoms with E-state index in [4.69, 9.17) is 39.0 Å². The second-order valence-electron chi connectivity index (χ2n) is 4.79. The van der Waals surface area contributed by atoms with Crippen LogP contribution in [0.3, 0.4) is 0 Å². The van der Waals surface area contributed by atoms with Gasteiger partial charge in [-0.3, -0.25) is 4.18 Å². The standard InChI is InChI=1S/C10H16Cl3NO3S/c11-10(12,13)7-17-18(15,16)14-8-5-3-1-2-4-6-9(8)14/h8-9H,1-7H2/t8-,9-/m1/s1. The lowest BCUT2D eigenvalue weighted by Crippen LogP contribution is -2.24. The molecule has 8 heteroatoms. The first kappa shape index (κ1) is 15.1. The van der Waals surface area contributed by atoms with Crippen LogP contribution in [0, 0.1) is 0 Å². The van der Waals surface area contributed by atoms with Crippen LogP contribution < -0.4 is 0 Å². The number of nitrogens with zero attached hydrogens (tertiary/aromatic N) is 1. The van der Waals surface area contributed by atoms with Crippen LogP contribution in [0.25, 0.3) is 0 Å². The van der Waals surface area contributed by atoms with Gasteiger partial charge in [0.1, 0.15) is 6.61 Å². The smallest absolute Gasteiger partial charge is 0.253 e. The summed E-state index contributed by atoms with van der Waals surface area (Å²) in [6.45, 7) is -0.448. The maximum absolute atomic E-state index is 12.0. The molecule has 18 heavy (non-hydrogen) atoms. The monoisotopic (exact) mass is 335 g/mol. The highest BCUT2D eigenvalue weighted by atomic mass is 35.6. The fraction of sp³-hybridized carbons (Fsp3) is 1.00. The van der Waals surface area contributed by atoms with Crippen molar-refractivity contribution in [3.63, 3.8) is 0 Å². The Morgan fingerprint density at radius 1 is 1.06 bits per heavy atom. The Morgan fingerprint density at radius 3 is 2.00 bits per heavy atom. The molecule has 1 saturated carbocycles. The van der Waals surface area contributed by atoms with Gasteiger partial charge in [-0.15, -0.1) is 0 Å². The number of fused-ring (bicyclic) bond motifs is 1. The molecule has 0 radical (unpaired) electrons. The fourth-order valence-electron chi connectivity index (χ4n) is 2.54. The number of halogens is 3. The molecule has 4 nitrogen and oxygen atoms in total. The third-order valence-electron chi connectivity index (χ3n) is 3.39. The first-order valence-electron chi connectivity index (χ1n) is 6.06. The lowest BCUT2D eigenvalue weighted by molar-refractivity contribution is 0.301. The van der Waals surface area contributed by atoms with Crippen molar-refractivity contribution in [2.24, 2.45) is 0 Å². The van der Waals surface area contributed by atoms with Crippen molar-refractivity contribution in [1.82, 2.24) is 4.31 Å². The normalized spacial score (nSPS) is 33.4. The first-order valence-corrected chi connectivity index (χ1v) is 8.56. The minimum atomic E-state index is -3.76. The van der Waals surface area contributed by atoms with E-state index in [-0.39, 0.29) is 12.1 Å². The molecule has 0 unspecified atom stereocenters. The summed E-state index contributed by atoms with van der Waals surface area (Å²) in [6.07, 6.45) is 6.29. The topological polar surface area (TPSA) is 46.4 Å². The van der Waals surface area contributed by atoms with Crippen LogP contribution in [-0.2, 0) is 14.5 Å². The van der Waals surface area contributed by atoms with Gasteiger partial charge in [0.2, 0.25) is 3.79 Å². The van der Waals surface area contributed by atoms with Crippen molar-refractivity contribution in [2.75, 3.05) is 6.61 Å². The van der Waals surface area contributed by atoms with Gasteiger partial charge >= 0.3 is 10.3 Å². The van der Waals surface area contributed by atoms with Crippen LogP contribution >= 0.6 is 34.8 Å². The fourth-order valence-corrected chi connectivity index (χ4v) is 4.45. The summed E-state index contributed by atoms with van der Waals surface area (Å²) in [5, 5.41) is 0. The summed E-state index contributed by atoms with van der Waals surface area (Å²) in [5.74, 6) is 0. The molecule has 2 fully saturated rings. The van der Waals surface area contributed by atoms with E-state index in [0.717, 1.165) is 25.7 Å². The second kappa shape index (κ2) is 5.62. The molecule has 0 spiro atoms. The molecule has 0 aromatic carbocycles. The summed E-state index contributed by atoms with van der Waals surface area (Å²) < 4.78 is 28.4. The molecule has 2 rings (SSSR count). The summed E-state index contributed by atoms with van der Waals surface area (Å²) in [6, 6.07) is 0.177. The number of rotatable bonds is 3. The maximum Gasteiger partial charge on any atom is 0.339 e. The molecule has 0 amide bonds. The van der Waals surface area contributed by atoms with Gasteiger partial charge in [0.05, 0.1) is 0 Å². The molecule has 2 aliphatic rings. The van der Waals surface area contributed by atoms with Gasteiger partial charge in [0.15, 0.2) is 0 Å². The number of hydrogen-bond donors (Lipinski definition) is 0. The highest BCUT2D eigenvalue weighted by Gasteiger charge is 2.55. The quantitative estimate of drug-likeness (QED) is 0.588. The summed E-state index contributed by atoms with van der Waals surface area (Å²) in [5.41, 5.74) is 0. The molecule has 0 aromatic rings. The number of hydrogen-bond acceptors (Lipinski definition) is 3. The Bertz CT molecular complexity index is 382. The Balaban J connectivity index is 1.95. The molecular formula is C10H16Cl3NO3S. The van der Waals surface area contributed by atoms with Crippen molar-refractivity contribution in [2.45, 2.75) is 54.4 Å². The zero-order valence-electron chi connectivity index (χ0n) is 9.82. The molecule has 1 aliphatic carbocycles. The molecule has 1 aliphatic heterocycles. The van der Waals surface area contributed by atoms with Crippen molar-refractivity contribution in [3.8, 4) is 0 Å². The Hall–Kier alpha value is 0.740. The maximum atomic E-state index is 12.0. The molecule has 1 heterocycles. The van der Waals surface area contributed by atoms with Gasteiger partial charge in [0.25, 0.3) is 0 Å². The van der Waals surface area contributed by atoms with E-state index in [2.05, 4.69) is 0 Å². The Labute approximate surface area is 123 Å². The zero-order chi connectivity index (χ0) is 13.4. The van der Waals surface area contributed by atoms with E-state index in [1.807, 2.05) is 0 Å². The van der Waals surface area contributed by atoms with E-state index in [1.165, 1.54) is 17.1 Å². The predicted octanol–water partition coefficient (Wildman–Crippen LogP) is 3.03. The van der Waals surface area contributed by atoms with Crippen LogP contribution in [0.15, 0.2) is 0 Å². The molecule has 0 bridgehead atoms. The Kier molecular flexibility index (Phi) is 4.73. The van der Waals surface area contributed by atoms with Crippen LogP contribution in [-0.4, -0.2) is 35.2 Å². The third kappa shape index (κ3) is 3.87. The van der Waals surface area contributed by atoms with E-state index < -0.39 is 20.7 Å². The summed E-state index contributed by atoms with van der Waals surface area (Å²) >= 11 is 16.5. The van der Waals surface area contributed by atoms with Crippen LogP contribution in [0.1, 0.15) is 38.5 Å². The van der Waals surface area contributed by atoms with Crippen LogP contribution in [0.5, 0.6) is 0 Å². The molecule has 0 aromatic heterocycles. The van der Waals surface area contributed by atoms with Gasteiger partial charge in [-0.25, -0.2) is 0 Å². The number of alkyl halides is 3. The predicted molar refractivity (Wildman–Crippen MR) is 72.3 cm³/mol. The highest BCUT2D eigenvalue weighted by molar-refractivity contribution is 7.84. The van der Waals surface area contributed by atoms with E-state index >= 15 is 0 Å². The lowest BCUT2D eigenvalue weighted by atomic mass is 10.0. The largest absolute Gasteiger partial charge is 0.339 e.